The number of rotatable bonds is 12. The number of unbranched alkanes of at least 4 members (excludes halogenated alkanes) is 1. The summed E-state index contributed by atoms with van der Waals surface area (Å²) < 4.78 is 25.0. The molecule has 0 heterocycles. The van der Waals surface area contributed by atoms with Crippen molar-refractivity contribution in [2.45, 2.75) is 32.3 Å². The van der Waals surface area contributed by atoms with E-state index in [9.17, 15) is 19.4 Å². The molecule has 0 aromatic rings. The van der Waals surface area contributed by atoms with Gasteiger partial charge in [0, 0.05) is 6.42 Å². The molecule has 0 aromatic carbocycles. The van der Waals surface area contributed by atoms with Gasteiger partial charge in [-0.05, 0) is 6.42 Å². The van der Waals surface area contributed by atoms with Crippen LogP contribution in [0.3, 0.4) is 0 Å². The standard InChI is InChI=1S/C11H24NO7P/c1-3-4-5-11(14)17-8-10(13)9-19-20(15,16)18-7-6-12-2/h10,12-13H,3-9H2,1-2H3,(H,15,16). The number of hydrogen-bond acceptors (Lipinski definition) is 7. The second-order valence-electron chi connectivity index (χ2n) is 4.21. The number of nitrogens with two attached hydrogens (primary N) is 1. The minimum absolute atomic E-state index is 0.000618. The third-order valence-electron chi connectivity index (χ3n) is 2.25. The molecule has 2 atom stereocenters. The van der Waals surface area contributed by atoms with Crippen molar-refractivity contribution in [3.05, 3.63) is 0 Å². The highest BCUT2D eigenvalue weighted by atomic mass is 31.2. The molecule has 0 aliphatic rings. The molecular formula is C11H24NO7P. The van der Waals surface area contributed by atoms with Crippen molar-refractivity contribution in [2.75, 3.05) is 33.4 Å². The van der Waals surface area contributed by atoms with Crippen LogP contribution >= 0.6 is 7.82 Å². The molecule has 0 saturated carbocycles. The highest BCUT2D eigenvalue weighted by molar-refractivity contribution is 7.45. The summed E-state index contributed by atoms with van der Waals surface area (Å²) in [5.74, 6) is -0.425. The van der Waals surface area contributed by atoms with Crippen LogP contribution in [0.4, 0.5) is 0 Å². The van der Waals surface area contributed by atoms with Crippen LogP contribution < -0.4 is 10.2 Å². The lowest BCUT2D eigenvalue weighted by Crippen LogP contribution is -2.80. The van der Waals surface area contributed by atoms with Crippen LogP contribution in [-0.4, -0.2) is 50.6 Å². The predicted octanol–water partition coefficient (Wildman–Crippen LogP) is -1.22. The molecule has 20 heavy (non-hydrogen) atoms. The summed E-state index contributed by atoms with van der Waals surface area (Å²) in [6.45, 7) is 1.62. The van der Waals surface area contributed by atoms with E-state index in [-0.39, 0.29) is 19.6 Å². The fourth-order valence-electron chi connectivity index (χ4n) is 1.13. The normalized spacial score (nSPS) is 15.6. The molecule has 0 bridgehead atoms. The van der Waals surface area contributed by atoms with Crippen molar-refractivity contribution in [2.24, 2.45) is 0 Å². The molecule has 0 aliphatic carbocycles. The van der Waals surface area contributed by atoms with Crippen LogP contribution in [0.15, 0.2) is 0 Å². The molecule has 0 aliphatic heterocycles. The first-order valence-electron chi connectivity index (χ1n) is 6.63. The topological polar surface area (TPSA) is 122 Å². The molecule has 2 unspecified atom stereocenters. The van der Waals surface area contributed by atoms with Crippen molar-refractivity contribution in [3.8, 4) is 0 Å². The summed E-state index contributed by atoms with van der Waals surface area (Å²) >= 11 is 0. The molecule has 0 fully saturated rings. The minimum atomic E-state index is -4.41. The summed E-state index contributed by atoms with van der Waals surface area (Å²) in [6, 6.07) is 0. The van der Waals surface area contributed by atoms with Gasteiger partial charge in [0.25, 0.3) is 7.82 Å². The van der Waals surface area contributed by atoms with Crippen LogP contribution in [0.5, 0.6) is 0 Å². The van der Waals surface area contributed by atoms with Crippen LogP contribution in [0.2, 0.25) is 0 Å². The van der Waals surface area contributed by atoms with E-state index >= 15 is 0 Å². The molecule has 0 aromatic heterocycles. The highest BCUT2D eigenvalue weighted by Gasteiger charge is 2.14. The minimum Gasteiger partial charge on any atom is -0.756 e. The predicted molar refractivity (Wildman–Crippen MR) is 68.7 cm³/mol. The van der Waals surface area contributed by atoms with E-state index in [1.54, 1.807) is 12.4 Å². The number of quaternary nitrogens is 1. The maximum absolute atomic E-state index is 11.2. The van der Waals surface area contributed by atoms with E-state index in [1.807, 2.05) is 6.92 Å². The number of aliphatic hydroxyl groups excluding tert-OH is 1. The van der Waals surface area contributed by atoms with Gasteiger partial charge in [0.2, 0.25) is 0 Å². The Morgan fingerprint density at radius 2 is 2.10 bits per heavy atom. The first-order chi connectivity index (χ1) is 9.41. The Kier molecular flexibility index (Phi) is 10.9. The molecule has 8 nitrogen and oxygen atoms in total. The summed E-state index contributed by atoms with van der Waals surface area (Å²) in [5.41, 5.74) is 0. The highest BCUT2D eigenvalue weighted by Crippen LogP contribution is 2.37. The van der Waals surface area contributed by atoms with Gasteiger partial charge in [-0.1, -0.05) is 13.3 Å². The van der Waals surface area contributed by atoms with Gasteiger partial charge in [-0.15, -0.1) is 0 Å². The van der Waals surface area contributed by atoms with Crippen LogP contribution in [0.1, 0.15) is 26.2 Å². The Hall–Kier alpha value is -0.500. The van der Waals surface area contributed by atoms with Crippen molar-refractivity contribution >= 4 is 13.8 Å². The maximum Gasteiger partial charge on any atom is 0.305 e. The molecule has 120 valence electrons. The van der Waals surface area contributed by atoms with Gasteiger partial charge >= 0.3 is 5.97 Å². The zero-order chi connectivity index (χ0) is 15.4. The van der Waals surface area contributed by atoms with Gasteiger partial charge in [0.05, 0.1) is 20.2 Å². The molecule has 0 radical (unpaired) electrons. The van der Waals surface area contributed by atoms with E-state index in [1.165, 1.54) is 0 Å². The average Bonchev–Trinajstić information content (AvgIpc) is 2.41. The lowest BCUT2D eigenvalue weighted by atomic mass is 10.2. The Morgan fingerprint density at radius 1 is 1.40 bits per heavy atom. The van der Waals surface area contributed by atoms with Crippen molar-refractivity contribution in [1.29, 1.82) is 0 Å². The van der Waals surface area contributed by atoms with E-state index in [2.05, 4.69) is 9.05 Å². The van der Waals surface area contributed by atoms with E-state index < -0.39 is 26.5 Å². The molecule has 9 heteroatoms. The lowest BCUT2D eigenvalue weighted by Gasteiger charge is -2.23. The molecule has 0 amide bonds. The second-order valence-corrected chi connectivity index (χ2v) is 5.62. The fraction of sp³-hybridized carbons (Fsp3) is 0.909. The largest absolute Gasteiger partial charge is 0.756 e. The summed E-state index contributed by atoms with van der Waals surface area (Å²) in [5, 5.41) is 11.2. The maximum atomic E-state index is 11.2. The molecular weight excluding hydrogens is 289 g/mol. The van der Waals surface area contributed by atoms with Gasteiger partial charge in [0.1, 0.15) is 19.3 Å². The number of aliphatic hydroxyl groups is 1. The summed E-state index contributed by atoms with van der Waals surface area (Å²) in [4.78, 5) is 22.4. The van der Waals surface area contributed by atoms with Gasteiger partial charge in [-0.2, -0.15) is 0 Å². The van der Waals surface area contributed by atoms with Crippen molar-refractivity contribution in [1.82, 2.24) is 0 Å². The van der Waals surface area contributed by atoms with Crippen molar-refractivity contribution in [3.63, 3.8) is 0 Å². The first kappa shape index (κ1) is 19.5. The number of ether oxygens (including phenoxy) is 1. The number of esters is 1. The van der Waals surface area contributed by atoms with Crippen LogP contribution in [0, 0.1) is 0 Å². The molecule has 0 saturated heterocycles. The van der Waals surface area contributed by atoms with Crippen LogP contribution in [0.25, 0.3) is 0 Å². The van der Waals surface area contributed by atoms with Gasteiger partial charge in [-0.3, -0.25) is 9.36 Å². The molecule has 0 rings (SSSR count). The number of phosphoric ester groups is 1. The van der Waals surface area contributed by atoms with Crippen molar-refractivity contribution < 1.29 is 38.5 Å². The molecule has 3 N–H and O–H groups in total. The quantitative estimate of drug-likeness (QED) is 0.263. The van der Waals surface area contributed by atoms with E-state index in [4.69, 9.17) is 4.74 Å². The number of hydrogen-bond donors (Lipinski definition) is 2. The first-order valence-corrected chi connectivity index (χ1v) is 8.09. The smallest absolute Gasteiger partial charge is 0.305 e. The number of likely N-dealkylation sites (N-methyl/N-ethyl adjacent to an activating group) is 1. The lowest BCUT2D eigenvalue weighted by molar-refractivity contribution is -0.627. The molecule has 0 spiro atoms. The zero-order valence-corrected chi connectivity index (χ0v) is 12.8. The number of carbonyl (C=O) groups excluding carboxylic acids is 1. The summed E-state index contributed by atoms with van der Waals surface area (Å²) in [7, 11) is -2.64. The monoisotopic (exact) mass is 313 g/mol. The Bertz CT molecular complexity index is 313. The Balaban J connectivity index is 3.77. The Morgan fingerprint density at radius 3 is 2.70 bits per heavy atom. The zero-order valence-electron chi connectivity index (χ0n) is 11.9. The third-order valence-corrected chi connectivity index (χ3v) is 3.22. The second kappa shape index (κ2) is 11.2. The van der Waals surface area contributed by atoms with E-state index in [0.29, 0.717) is 13.0 Å². The SMILES string of the molecule is CCCCC(=O)OCC(O)COP(=O)([O-])OCC[NH2+]C. The fourth-order valence-corrected chi connectivity index (χ4v) is 1.89. The summed E-state index contributed by atoms with van der Waals surface area (Å²) in [6.07, 6.45) is 0.654. The van der Waals surface area contributed by atoms with Gasteiger partial charge < -0.3 is 29.1 Å². The number of phosphoric acid groups is 1. The van der Waals surface area contributed by atoms with Crippen LogP contribution in [-0.2, 0) is 23.1 Å². The van der Waals surface area contributed by atoms with Gasteiger partial charge in [0.15, 0.2) is 0 Å². The van der Waals surface area contributed by atoms with E-state index in [0.717, 1.165) is 6.42 Å². The third kappa shape index (κ3) is 11.3. The van der Waals surface area contributed by atoms with Gasteiger partial charge in [-0.25, -0.2) is 0 Å². The number of carbonyl (C=O) groups is 1. The average molecular weight is 313 g/mol. The Labute approximate surface area is 119 Å².